The van der Waals surface area contributed by atoms with Crippen LogP contribution in [-0.2, 0) is 16.6 Å². The van der Waals surface area contributed by atoms with Crippen molar-refractivity contribution >= 4 is 16.5 Å². The summed E-state index contributed by atoms with van der Waals surface area (Å²) in [6.45, 7) is 0. The van der Waals surface area contributed by atoms with Crippen molar-refractivity contribution in [2.75, 3.05) is 12.8 Å². The fraction of sp³-hybridized carbons (Fsp3) is 0.571. The van der Waals surface area contributed by atoms with Crippen LogP contribution in [0.15, 0.2) is 18.2 Å². The van der Waals surface area contributed by atoms with Gasteiger partial charge in [0, 0.05) is 33.6 Å². The first-order valence-electron chi connectivity index (χ1n) is 6.49. The molecule has 0 radical (unpaired) electrons. The normalized spacial score (nSPS) is 18.5. The van der Waals surface area contributed by atoms with Gasteiger partial charge in [-0.25, -0.2) is 0 Å². The summed E-state index contributed by atoms with van der Waals surface area (Å²) in [7, 11) is 0.835. The van der Waals surface area contributed by atoms with E-state index in [4.69, 9.17) is 10.5 Å². The number of hydrogen-bond donors (Lipinski definition) is 1. The van der Waals surface area contributed by atoms with E-state index in [0.717, 1.165) is 24.2 Å². The summed E-state index contributed by atoms with van der Waals surface area (Å²) in [5.41, 5.74) is 7.49. The highest BCUT2D eigenvalue weighted by Gasteiger charge is 2.20. The van der Waals surface area contributed by atoms with E-state index in [9.17, 15) is 4.21 Å². The summed E-state index contributed by atoms with van der Waals surface area (Å²) >= 11 is 0. The molecular formula is C14H21NO2S. The van der Waals surface area contributed by atoms with E-state index in [1.54, 1.807) is 13.2 Å². The molecule has 18 heavy (non-hydrogen) atoms. The fourth-order valence-corrected chi connectivity index (χ4v) is 4.09. The number of ether oxygens (including phenoxy) is 1. The van der Waals surface area contributed by atoms with Crippen molar-refractivity contribution in [3.05, 3.63) is 23.8 Å². The Morgan fingerprint density at radius 1 is 1.28 bits per heavy atom. The van der Waals surface area contributed by atoms with Crippen LogP contribution < -0.4 is 10.5 Å². The molecule has 1 atom stereocenters. The van der Waals surface area contributed by atoms with E-state index in [-0.39, 0.29) is 0 Å². The number of methoxy groups -OCH3 is 1. The zero-order chi connectivity index (χ0) is 13.0. The third-order valence-corrected chi connectivity index (χ3v) is 5.29. The Morgan fingerprint density at radius 2 is 2.00 bits per heavy atom. The van der Waals surface area contributed by atoms with E-state index in [0.29, 0.717) is 16.7 Å². The average Bonchev–Trinajstić information content (AvgIpc) is 2.39. The minimum absolute atomic E-state index is 0.367. The molecule has 0 spiro atoms. The minimum Gasteiger partial charge on any atom is -0.497 e. The number of rotatable bonds is 4. The molecule has 3 nitrogen and oxygen atoms in total. The molecule has 0 bridgehead atoms. The van der Waals surface area contributed by atoms with Crippen LogP contribution in [0.5, 0.6) is 5.75 Å². The van der Waals surface area contributed by atoms with Gasteiger partial charge in [0.15, 0.2) is 0 Å². The predicted molar refractivity (Wildman–Crippen MR) is 76.1 cm³/mol. The Kier molecular flexibility index (Phi) is 4.64. The Labute approximate surface area is 111 Å². The standard InChI is InChI=1S/C14H21NO2S/c1-17-13-8-11(7-12(15)9-13)10-18(16)14-5-3-2-4-6-14/h7-9,14H,2-6,10,15H2,1H3. The largest absolute Gasteiger partial charge is 0.497 e. The maximum absolute atomic E-state index is 12.3. The molecule has 2 N–H and O–H groups in total. The maximum Gasteiger partial charge on any atom is 0.121 e. The second-order valence-corrected chi connectivity index (χ2v) is 6.62. The lowest BCUT2D eigenvalue weighted by atomic mass is 10.0. The van der Waals surface area contributed by atoms with Gasteiger partial charge in [0.1, 0.15) is 5.75 Å². The number of nitrogen functional groups attached to an aromatic ring is 1. The van der Waals surface area contributed by atoms with Crippen molar-refractivity contribution in [1.82, 2.24) is 0 Å². The van der Waals surface area contributed by atoms with E-state index in [2.05, 4.69) is 0 Å². The van der Waals surface area contributed by atoms with Crippen molar-refractivity contribution in [1.29, 1.82) is 0 Å². The summed E-state index contributed by atoms with van der Waals surface area (Å²) in [4.78, 5) is 0. The molecule has 100 valence electrons. The molecule has 1 aliphatic carbocycles. The van der Waals surface area contributed by atoms with Gasteiger partial charge in [-0.15, -0.1) is 0 Å². The predicted octanol–water partition coefficient (Wildman–Crippen LogP) is 2.86. The highest BCUT2D eigenvalue weighted by atomic mass is 32.2. The quantitative estimate of drug-likeness (QED) is 0.853. The van der Waals surface area contributed by atoms with E-state index in [1.165, 1.54) is 19.3 Å². The van der Waals surface area contributed by atoms with Crippen molar-refractivity contribution in [3.63, 3.8) is 0 Å². The van der Waals surface area contributed by atoms with Crippen molar-refractivity contribution in [2.24, 2.45) is 0 Å². The van der Waals surface area contributed by atoms with Crippen LogP contribution in [0.2, 0.25) is 0 Å². The third-order valence-electron chi connectivity index (χ3n) is 3.46. The monoisotopic (exact) mass is 267 g/mol. The molecule has 0 heterocycles. The highest BCUT2D eigenvalue weighted by Crippen LogP contribution is 2.25. The maximum atomic E-state index is 12.3. The van der Waals surface area contributed by atoms with Crippen molar-refractivity contribution in [2.45, 2.75) is 43.1 Å². The molecule has 1 fully saturated rings. The lowest BCUT2D eigenvalue weighted by molar-refractivity contribution is 0.414. The van der Waals surface area contributed by atoms with Crippen molar-refractivity contribution in [3.8, 4) is 5.75 Å². The topological polar surface area (TPSA) is 52.3 Å². The first kappa shape index (κ1) is 13.4. The van der Waals surface area contributed by atoms with Crippen LogP contribution in [0.25, 0.3) is 0 Å². The molecular weight excluding hydrogens is 246 g/mol. The van der Waals surface area contributed by atoms with Gasteiger partial charge in [-0.2, -0.15) is 0 Å². The number of anilines is 1. The Bertz CT molecular complexity index is 428. The Hall–Kier alpha value is -1.03. The van der Waals surface area contributed by atoms with Gasteiger partial charge in [0.2, 0.25) is 0 Å². The molecule has 4 heteroatoms. The zero-order valence-corrected chi connectivity index (χ0v) is 11.7. The molecule has 1 aromatic carbocycles. The fourth-order valence-electron chi connectivity index (χ4n) is 2.50. The molecule has 0 aromatic heterocycles. The van der Waals surface area contributed by atoms with Gasteiger partial charge in [-0.05, 0) is 30.5 Å². The Balaban J connectivity index is 2.03. The van der Waals surface area contributed by atoms with Gasteiger partial charge in [-0.1, -0.05) is 19.3 Å². The summed E-state index contributed by atoms with van der Waals surface area (Å²) in [6.07, 6.45) is 5.94. The van der Waals surface area contributed by atoms with Gasteiger partial charge in [0.05, 0.1) is 7.11 Å². The first-order chi connectivity index (χ1) is 8.69. The molecule has 1 aromatic rings. The van der Waals surface area contributed by atoms with Crippen LogP contribution in [0.4, 0.5) is 5.69 Å². The van der Waals surface area contributed by atoms with Gasteiger partial charge < -0.3 is 10.5 Å². The van der Waals surface area contributed by atoms with Crippen LogP contribution >= 0.6 is 0 Å². The molecule has 2 rings (SSSR count). The average molecular weight is 267 g/mol. The van der Waals surface area contributed by atoms with E-state index < -0.39 is 10.8 Å². The third kappa shape index (κ3) is 3.48. The second-order valence-electron chi connectivity index (χ2n) is 4.90. The van der Waals surface area contributed by atoms with Gasteiger partial charge in [-0.3, -0.25) is 4.21 Å². The highest BCUT2D eigenvalue weighted by molar-refractivity contribution is 7.84. The second kappa shape index (κ2) is 6.23. The van der Waals surface area contributed by atoms with Crippen LogP contribution in [0.3, 0.4) is 0 Å². The lowest BCUT2D eigenvalue weighted by Crippen LogP contribution is -2.19. The van der Waals surface area contributed by atoms with Gasteiger partial charge >= 0.3 is 0 Å². The SMILES string of the molecule is COc1cc(N)cc(CS(=O)C2CCCCC2)c1. The molecule has 1 aliphatic rings. The smallest absolute Gasteiger partial charge is 0.121 e. The Morgan fingerprint density at radius 3 is 2.67 bits per heavy atom. The van der Waals surface area contributed by atoms with Crippen molar-refractivity contribution < 1.29 is 8.95 Å². The molecule has 1 saturated carbocycles. The molecule has 0 saturated heterocycles. The van der Waals surface area contributed by atoms with Gasteiger partial charge in [0.25, 0.3) is 0 Å². The zero-order valence-electron chi connectivity index (χ0n) is 10.9. The summed E-state index contributed by atoms with van der Waals surface area (Å²) < 4.78 is 17.5. The van der Waals surface area contributed by atoms with Crippen LogP contribution in [0.1, 0.15) is 37.7 Å². The number of benzene rings is 1. The summed E-state index contributed by atoms with van der Waals surface area (Å²) in [5, 5.41) is 0.367. The summed E-state index contributed by atoms with van der Waals surface area (Å²) in [5.74, 6) is 1.33. The number of hydrogen-bond acceptors (Lipinski definition) is 3. The van der Waals surface area contributed by atoms with E-state index in [1.807, 2.05) is 12.1 Å². The number of nitrogens with two attached hydrogens (primary N) is 1. The molecule has 0 aliphatic heterocycles. The van der Waals surface area contributed by atoms with Crippen LogP contribution in [0, 0.1) is 0 Å². The molecule has 0 amide bonds. The van der Waals surface area contributed by atoms with Crippen LogP contribution in [-0.4, -0.2) is 16.6 Å². The first-order valence-corrected chi connectivity index (χ1v) is 7.88. The minimum atomic E-state index is -0.787. The lowest BCUT2D eigenvalue weighted by Gasteiger charge is -2.21. The van der Waals surface area contributed by atoms with E-state index >= 15 is 0 Å². The molecule has 1 unspecified atom stereocenters. The summed E-state index contributed by atoms with van der Waals surface area (Å²) in [6, 6.07) is 5.60.